The predicted octanol–water partition coefficient (Wildman–Crippen LogP) is 2.97. The number of hydrogen-bond donors (Lipinski definition) is 0. The minimum absolute atomic E-state index is 0.122. The van der Waals surface area contributed by atoms with Gasteiger partial charge in [-0.2, -0.15) is 5.10 Å². The maximum atomic E-state index is 12.6. The van der Waals surface area contributed by atoms with Gasteiger partial charge in [0.05, 0.1) is 37.7 Å². The number of rotatable bonds is 8. The predicted molar refractivity (Wildman–Crippen MR) is 117 cm³/mol. The van der Waals surface area contributed by atoms with E-state index in [0.717, 1.165) is 50.9 Å². The minimum atomic E-state index is -0.160. The van der Waals surface area contributed by atoms with Gasteiger partial charge in [-0.3, -0.25) is 9.48 Å². The highest BCUT2D eigenvalue weighted by molar-refractivity contribution is 5.76. The third-order valence-electron chi connectivity index (χ3n) is 6.23. The van der Waals surface area contributed by atoms with Gasteiger partial charge in [-0.1, -0.05) is 30.3 Å². The van der Waals surface area contributed by atoms with Crippen LogP contribution in [0.1, 0.15) is 36.8 Å². The molecule has 168 valence electrons. The molecule has 2 saturated heterocycles. The van der Waals surface area contributed by atoms with Crippen LogP contribution in [0.3, 0.4) is 0 Å². The van der Waals surface area contributed by atoms with E-state index in [0.29, 0.717) is 26.4 Å². The van der Waals surface area contributed by atoms with E-state index in [2.05, 4.69) is 17.2 Å². The summed E-state index contributed by atoms with van der Waals surface area (Å²) in [5.41, 5.74) is 2.08. The van der Waals surface area contributed by atoms with Gasteiger partial charge in [0.2, 0.25) is 5.91 Å². The molecule has 0 aliphatic carbocycles. The summed E-state index contributed by atoms with van der Waals surface area (Å²) >= 11 is 0. The van der Waals surface area contributed by atoms with Crippen molar-refractivity contribution >= 4 is 5.91 Å². The largest absolute Gasteiger partial charge is 0.376 e. The lowest BCUT2D eigenvalue weighted by atomic mass is 9.83. The van der Waals surface area contributed by atoms with E-state index < -0.39 is 0 Å². The Labute approximate surface area is 184 Å². The zero-order valence-electron chi connectivity index (χ0n) is 18.4. The number of likely N-dealkylation sites (tertiary alicyclic amines) is 1. The van der Waals surface area contributed by atoms with Crippen molar-refractivity contribution in [2.75, 3.05) is 32.9 Å². The van der Waals surface area contributed by atoms with Crippen LogP contribution < -0.4 is 0 Å². The van der Waals surface area contributed by atoms with Crippen molar-refractivity contribution in [3.63, 3.8) is 0 Å². The second kappa shape index (κ2) is 10.4. The van der Waals surface area contributed by atoms with E-state index >= 15 is 0 Å². The van der Waals surface area contributed by atoms with Gasteiger partial charge in [-0.05, 0) is 37.3 Å². The fourth-order valence-electron chi connectivity index (χ4n) is 4.47. The van der Waals surface area contributed by atoms with Gasteiger partial charge in [0.25, 0.3) is 0 Å². The topological polar surface area (TPSA) is 65.8 Å². The van der Waals surface area contributed by atoms with Crippen LogP contribution in [0.4, 0.5) is 0 Å². The van der Waals surface area contributed by atoms with Crippen LogP contribution >= 0.6 is 0 Å². The third kappa shape index (κ3) is 6.15. The molecule has 2 fully saturated rings. The van der Waals surface area contributed by atoms with E-state index in [1.54, 1.807) is 10.9 Å². The molecule has 7 nitrogen and oxygen atoms in total. The van der Waals surface area contributed by atoms with Crippen molar-refractivity contribution < 1.29 is 19.0 Å². The van der Waals surface area contributed by atoms with Crippen molar-refractivity contribution in [3.05, 3.63) is 53.9 Å². The molecule has 1 aromatic heterocycles. The Hall–Kier alpha value is -2.22. The molecule has 4 rings (SSSR count). The van der Waals surface area contributed by atoms with Crippen LogP contribution in [0.2, 0.25) is 0 Å². The molecule has 1 spiro atoms. The number of aryl methyl sites for hydroxylation is 1. The number of piperidine rings is 1. The van der Waals surface area contributed by atoms with Crippen LogP contribution in [0.15, 0.2) is 42.7 Å². The van der Waals surface area contributed by atoms with Gasteiger partial charge < -0.3 is 19.1 Å². The summed E-state index contributed by atoms with van der Waals surface area (Å²) in [7, 11) is 0. The van der Waals surface area contributed by atoms with Gasteiger partial charge in [0.15, 0.2) is 0 Å². The Morgan fingerprint density at radius 1 is 1.23 bits per heavy atom. The summed E-state index contributed by atoms with van der Waals surface area (Å²) in [6.45, 7) is 6.26. The van der Waals surface area contributed by atoms with Gasteiger partial charge >= 0.3 is 0 Å². The summed E-state index contributed by atoms with van der Waals surface area (Å²) in [6.07, 6.45) is 7.42. The highest BCUT2D eigenvalue weighted by Crippen LogP contribution is 2.36. The SMILES string of the molecule is Cc1cnn(CC(=O)N2CCC3(CC2)CC(OCCOCc2ccccc2)CCO3)c1. The zero-order valence-corrected chi connectivity index (χ0v) is 18.4. The average Bonchev–Trinajstić information content (AvgIpc) is 3.19. The van der Waals surface area contributed by atoms with Gasteiger partial charge in [-0.25, -0.2) is 0 Å². The lowest BCUT2D eigenvalue weighted by Gasteiger charge is -2.46. The fraction of sp³-hybridized carbons (Fsp3) is 0.583. The van der Waals surface area contributed by atoms with Crippen molar-refractivity contribution in [2.24, 2.45) is 0 Å². The molecule has 7 heteroatoms. The second-order valence-corrected chi connectivity index (χ2v) is 8.65. The molecule has 2 aromatic rings. The number of carbonyl (C=O) groups excluding carboxylic acids is 1. The van der Waals surface area contributed by atoms with Crippen LogP contribution in [0.5, 0.6) is 0 Å². The summed E-state index contributed by atoms with van der Waals surface area (Å²) in [6, 6.07) is 10.2. The van der Waals surface area contributed by atoms with Crippen molar-refractivity contribution in [3.8, 4) is 0 Å². The number of aromatic nitrogens is 2. The van der Waals surface area contributed by atoms with Crippen LogP contribution in [0, 0.1) is 6.92 Å². The summed E-state index contributed by atoms with van der Waals surface area (Å²) < 4.78 is 19.8. The minimum Gasteiger partial charge on any atom is -0.376 e. The molecular formula is C24H33N3O4. The first-order chi connectivity index (χ1) is 15.1. The first-order valence-corrected chi connectivity index (χ1v) is 11.3. The van der Waals surface area contributed by atoms with Crippen LogP contribution in [-0.2, 0) is 32.2 Å². The first-order valence-electron chi connectivity index (χ1n) is 11.3. The second-order valence-electron chi connectivity index (χ2n) is 8.65. The summed E-state index contributed by atoms with van der Waals surface area (Å²) in [4.78, 5) is 14.5. The van der Waals surface area contributed by atoms with Crippen LogP contribution in [-0.4, -0.2) is 65.2 Å². The smallest absolute Gasteiger partial charge is 0.244 e. The Balaban J connectivity index is 1.16. The molecule has 31 heavy (non-hydrogen) atoms. The number of carbonyl (C=O) groups is 1. The number of hydrogen-bond acceptors (Lipinski definition) is 5. The summed E-state index contributed by atoms with van der Waals surface area (Å²) in [5.74, 6) is 0.122. The van der Waals surface area contributed by atoms with E-state index in [4.69, 9.17) is 14.2 Å². The first kappa shape index (κ1) is 22.0. The molecule has 0 N–H and O–H groups in total. The molecule has 1 amide bonds. The van der Waals surface area contributed by atoms with Crippen molar-refractivity contribution in [2.45, 2.75) is 57.5 Å². The molecular weight excluding hydrogens is 394 g/mol. The standard InChI is InChI=1S/C24H33N3O4/c1-20-16-25-27(17-20)18-23(28)26-10-8-24(9-11-26)15-22(7-12-31-24)30-14-13-29-19-21-5-3-2-4-6-21/h2-6,16-17,22H,7-15,18-19H2,1H3. The number of ether oxygens (including phenoxy) is 3. The van der Waals surface area contributed by atoms with E-state index in [1.165, 1.54) is 5.56 Å². The molecule has 3 heterocycles. The zero-order chi connectivity index (χ0) is 21.5. The molecule has 2 aliphatic rings. The Bertz CT molecular complexity index is 830. The molecule has 0 bridgehead atoms. The highest BCUT2D eigenvalue weighted by Gasteiger charge is 2.41. The van der Waals surface area contributed by atoms with E-state index in [9.17, 15) is 4.79 Å². The van der Waals surface area contributed by atoms with E-state index in [1.807, 2.05) is 36.2 Å². The number of amides is 1. The van der Waals surface area contributed by atoms with Crippen molar-refractivity contribution in [1.29, 1.82) is 0 Å². The number of benzene rings is 1. The maximum Gasteiger partial charge on any atom is 0.244 e. The van der Waals surface area contributed by atoms with E-state index in [-0.39, 0.29) is 17.6 Å². The average molecular weight is 428 g/mol. The van der Waals surface area contributed by atoms with Gasteiger partial charge in [0.1, 0.15) is 6.54 Å². The molecule has 0 saturated carbocycles. The Morgan fingerprint density at radius 2 is 2.03 bits per heavy atom. The van der Waals surface area contributed by atoms with Crippen LogP contribution in [0.25, 0.3) is 0 Å². The molecule has 2 aliphatic heterocycles. The molecule has 1 aromatic carbocycles. The monoisotopic (exact) mass is 427 g/mol. The Morgan fingerprint density at radius 3 is 2.77 bits per heavy atom. The number of nitrogens with zero attached hydrogens (tertiary/aromatic N) is 3. The molecule has 1 unspecified atom stereocenters. The quantitative estimate of drug-likeness (QED) is 0.606. The summed E-state index contributed by atoms with van der Waals surface area (Å²) in [5, 5.41) is 4.22. The lowest BCUT2D eigenvalue weighted by molar-refractivity contribution is -0.163. The van der Waals surface area contributed by atoms with Gasteiger partial charge in [-0.15, -0.1) is 0 Å². The fourth-order valence-corrected chi connectivity index (χ4v) is 4.47. The van der Waals surface area contributed by atoms with Gasteiger partial charge in [0, 0.05) is 32.3 Å². The molecule has 1 atom stereocenters. The maximum absolute atomic E-state index is 12.6. The molecule has 0 radical (unpaired) electrons. The Kier molecular flexibility index (Phi) is 7.37. The van der Waals surface area contributed by atoms with Crippen molar-refractivity contribution in [1.82, 2.24) is 14.7 Å². The highest BCUT2D eigenvalue weighted by atomic mass is 16.5. The lowest BCUT2D eigenvalue weighted by Crippen LogP contribution is -2.52. The third-order valence-corrected chi connectivity index (χ3v) is 6.23. The normalized spacial score (nSPS) is 20.8.